The smallest absolute Gasteiger partial charge is 0.741 e. The number of nitrogens with zero attached hydrogens (tertiary/aromatic N) is 5. The summed E-state index contributed by atoms with van der Waals surface area (Å²) in [6.07, 6.45) is 3.78. The van der Waals surface area contributed by atoms with Crippen molar-refractivity contribution in [1.29, 1.82) is 0 Å². The molecular formula is C17H25CuN7OS2. The summed E-state index contributed by atoms with van der Waals surface area (Å²) in [6, 6.07) is 3.85. The standard InChI is InChI=1S/C17H27N7OS2.Cu/c1-12(20-22-16(26)18-2)15(21-23-17(27)19-3)14-8-7-13(25-14)11-24-9-5-4-6-10-24;/h7-8H,4-6,9-11H2,1-3H3,(H2,18,22,26)(H2,19,23,27);/q;+2/p-2/b20-12+,21-15-;. The van der Waals surface area contributed by atoms with Crippen LogP contribution < -0.4 is 10.9 Å². The fourth-order valence-corrected chi connectivity index (χ4v) is 2.72. The van der Waals surface area contributed by atoms with Crippen molar-refractivity contribution < 1.29 is 21.5 Å². The maximum absolute atomic E-state index is 6.02. The number of nitrogens with one attached hydrogen (secondary N) is 2. The van der Waals surface area contributed by atoms with Crippen LogP contribution in [0.3, 0.4) is 0 Å². The van der Waals surface area contributed by atoms with Gasteiger partial charge in [-0.25, -0.2) is 0 Å². The zero-order valence-corrected chi connectivity index (χ0v) is 18.7. The molecule has 0 aromatic carbocycles. The Balaban J connectivity index is 0.00000392. The van der Waals surface area contributed by atoms with E-state index in [1.807, 2.05) is 12.1 Å². The predicted octanol–water partition coefficient (Wildman–Crippen LogP) is 1.59. The molecule has 1 aliphatic heterocycles. The number of rotatable bonds is 6. The number of amidine groups is 2. The van der Waals surface area contributed by atoms with Gasteiger partial charge in [0.2, 0.25) is 0 Å². The number of furan rings is 1. The number of hydrazone groups is 2. The third kappa shape index (κ3) is 7.84. The summed E-state index contributed by atoms with van der Waals surface area (Å²) in [5.41, 5.74) is 6.50. The van der Waals surface area contributed by atoms with E-state index in [1.54, 1.807) is 21.0 Å². The molecule has 28 heavy (non-hydrogen) atoms. The van der Waals surface area contributed by atoms with E-state index in [0.717, 1.165) is 25.4 Å². The third-order valence-electron chi connectivity index (χ3n) is 4.05. The van der Waals surface area contributed by atoms with Gasteiger partial charge in [-0.05, 0) is 55.3 Å². The Bertz CT molecular complexity index is 740. The van der Waals surface area contributed by atoms with Crippen LogP contribution in [0.25, 0.3) is 0 Å². The van der Waals surface area contributed by atoms with Crippen molar-refractivity contribution in [2.24, 2.45) is 20.2 Å². The number of piperidine rings is 1. The van der Waals surface area contributed by atoms with Gasteiger partial charge in [-0.1, -0.05) is 6.42 Å². The molecule has 1 radical (unpaired) electrons. The Labute approximate surface area is 187 Å². The number of hydrogen-bond donors (Lipinski definition) is 2. The molecular weight excluding hydrogens is 446 g/mol. The summed E-state index contributed by atoms with van der Waals surface area (Å²) in [7, 11) is 3.19. The van der Waals surface area contributed by atoms with Gasteiger partial charge in [0.25, 0.3) is 0 Å². The van der Waals surface area contributed by atoms with Crippen LogP contribution in [-0.4, -0.2) is 53.8 Å². The molecule has 0 bridgehead atoms. The molecule has 0 aliphatic carbocycles. The molecule has 1 saturated heterocycles. The maximum atomic E-state index is 6.02. The quantitative estimate of drug-likeness (QED) is 0.216. The van der Waals surface area contributed by atoms with E-state index in [9.17, 15) is 0 Å². The Morgan fingerprint density at radius 1 is 1.04 bits per heavy atom. The van der Waals surface area contributed by atoms with Gasteiger partial charge in [-0.2, -0.15) is 10.2 Å². The van der Waals surface area contributed by atoms with Crippen molar-refractivity contribution in [2.45, 2.75) is 32.7 Å². The minimum absolute atomic E-state index is 0. The van der Waals surface area contributed by atoms with Gasteiger partial charge in [0.05, 0.1) is 12.3 Å². The molecule has 1 aliphatic rings. The summed E-state index contributed by atoms with van der Waals surface area (Å²) >= 11 is 10.0. The van der Waals surface area contributed by atoms with Crippen LogP contribution >= 0.6 is 0 Å². The van der Waals surface area contributed by atoms with E-state index in [4.69, 9.17) is 29.7 Å². The van der Waals surface area contributed by atoms with Gasteiger partial charge in [0.15, 0.2) is 5.76 Å². The molecule has 0 amide bonds. The first-order chi connectivity index (χ1) is 13.0. The normalized spacial score (nSPS) is 17.2. The summed E-state index contributed by atoms with van der Waals surface area (Å²) in [6.45, 7) is 4.79. The SMILES string of the molecule is CN=C([S-])N/N=C(/C(C)=N/NC([S-])=NC)c1ccc(CN2CCCCC2)o1.[Cu+2]. The van der Waals surface area contributed by atoms with Gasteiger partial charge in [0.1, 0.15) is 11.5 Å². The first-order valence-corrected chi connectivity index (χ1v) is 9.58. The molecule has 0 spiro atoms. The zero-order valence-electron chi connectivity index (χ0n) is 16.2. The van der Waals surface area contributed by atoms with Crippen LogP contribution in [0.5, 0.6) is 0 Å². The fraction of sp³-hybridized carbons (Fsp3) is 0.529. The predicted molar refractivity (Wildman–Crippen MR) is 115 cm³/mol. The van der Waals surface area contributed by atoms with E-state index in [1.165, 1.54) is 19.3 Å². The second-order valence-corrected chi connectivity index (χ2v) is 6.81. The van der Waals surface area contributed by atoms with E-state index in [-0.39, 0.29) is 27.4 Å². The van der Waals surface area contributed by atoms with Gasteiger partial charge in [-0.15, -0.1) is 0 Å². The van der Waals surface area contributed by atoms with E-state index >= 15 is 0 Å². The van der Waals surface area contributed by atoms with Crippen LogP contribution in [0.1, 0.15) is 37.7 Å². The molecule has 0 unspecified atom stereocenters. The molecule has 1 fully saturated rings. The van der Waals surface area contributed by atoms with Crippen LogP contribution in [0, 0.1) is 0 Å². The molecule has 0 saturated carbocycles. The minimum Gasteiger partial charge on any atom is -0.741 e. The van der Waals surface area contributed by atoms with Crippen molar-refractivity contribution in [3.8, 4) is 0 Å². The van der Waals surface area contributed by atoms with Crippen LogP contribution in [0.2, 0.25) is 0 Å². The van der Waals surface area contributed by atoms with Gasteiger partial charge in [-0.3, -0.25) is 25.7 Å². The molecule has 157 valence electrons. The van der Waals surface area contributed by atoms with Crippen molar-refractivity contribution in [3.63, 3.8) is 0 Å². The Hall–Kier alpha value is -1.52. The Morgan fingerprint density at radius 3 is 2.25 bits per heavy atom. The maximum Gasteiger partial charge on any atom is 2.00 e. The molecule has 1 aromatic rings. The average molecular weight is 471 g/mol. The average Bonchev–Trinajstić information content (AvgIpc) is 3.14. The summed E-state index contributed by atoms with van der Waals surface area (Å²) in [4.78, 5) is 10.1. The number of aliphatic imine (C=N–C) groups is 2. The van der Waals surface area contributed by atoms with E-state index < -0.39 is 0 Å². The second-order valence-electron chi connectivity index (χ2n) is 6.04. The Kier molecular flexibility index (Phi) is 11.2. The van der Waals surface area contributed by atoms with Gasteiger partial charge in [0, 0.05) is 14.1 Å². The second kappa shape index (κ2) is 12.8. The fourth-order valence-electron chi connectivity index (χ4n) is 2.63. The molecule has 2 rings (SSSR count). The van der Waals surface area contributed by atoms with Crippen molar-refractivity contribution in [2.75, 3.05) is 27.2 Å². The van der Waals surface area contributed by atoms with Gasteiger partial charge >= 0.3 is 17.1 Å². The van der Waals surface area contributed by atoms with Crippen molar-refractivity contribution >= 4 is 47.0 Å². The van der Waals surface area contributed by atoms with E-state index in [2.05, 4.69) is 35.9 Å². The summed E-state index contributed by atoms with van der Waals surface area (Å²) in [5, 5.41) is 9.08. The molecule has 2 N–H and O–H groups in total. The molecule has 0 atom stereocenters. The summed E-state index contributed by atoms with van der Waals surface area (Å²) < 4.78 is 6.02. The van der Waals surface area contributed by atoms with Crippen molar-refractivity contribution in [1.82, 2.24) is 15.8 Å². The van der Waals surface area contributed by atoms with Crippen molar-refractivity contribution in [3.05, 3.63) is 23.7 Å². The Morgan fingerprint density at radius 2 is 1.64 bits per heavy atom. The zero-order chi connectivity index (χ0) is 19.6. The molecule has 2 heterocycles. The summed E-state index contributed by atoms with van der Waals surface area (Å²) in [5.74, 6) is 1.48. The first-order valence-electron chi connectivity index (χ1n) is 8.77. The number of likely N-dealkylation sites (tertiary alicyclic amines) is 1. The van der Waals surface area contributed by atoms with Gasteiger partial charge < -0.3 is 29.7 Å². The first kappa shape index (κ1) is 24.5. The number of hydrogen-bond acceptors (Lipinski definition) is 8. The van der Waals surface area contributed by atoms with Crippen LogP contribution in [0.4, 0.5) is 0 Å². The van der Waals surface area contributed by atoms with E-state index in [0.29, 0.717) is 17.2 Å². The van der Waals surface area contributed by atoms with Crippen LogP contribution in [-0.2, 0) is 48.9 Å². The third-order valence-corrected chi connectivity index (χ3v) is 4.60. The largest absolute Gasteiger partial charge is 2.00 e. The monoisotopic (exact) mass is 470 g/mol. The van der Waals surface area contributed by atoms with Crippen LogP contribution in [0.15, 0.2) is 36.7 Å². The topological polar surface area (TPSA) is 89.9 Å². The molecule has 11 heteroatoms. The molecule has 8 nitrogen and oxygen atoms in total. The molecule has 1 aromatic heterocycles. The minimum atomic E-state index is 0.